The molecule has 1 aromatic rings. The van der Waals surface area contributed by atoms with Crippen molar-refractivity contribution in [3.63, 3.8) is 0 Å². The summed E-state index contributed by atoms with van der Waals surface area (Å²) in [6, 6.07) is 6.27. The summed E-state index contributed by atoms with van der Waals surface area (Å²) in [5, 5.41) is 2.87. The molecule has 1 aliphatic rings. The first kappa shape index (κ1) is 16.5. The zero-order valence-electron chi connectivity index (χ0n) is 12.9. The Bertz CT molecular complexity index is 540. The van der Waals surface area contributed by atoms with Gasteiger partial charge in [-0.1, -0.05) is 18.6 Å². The van der Waals surface area contributed by atoms with Crippen molar-refractivity contribution in [2.45, 2.75) is 44.4 Å². The largest absolute Gasteiger partial charge is 0.466 e. The van der Waals surface area contributed by atoms with Crippen LogP contribution in [-0.4, -0.2) is 25.0 Å². The molecule has 0 heterocycles. The van der Waals surface area contributed by atoms with E-state index in [1.165, 1.54) is 12.1 Å². The van der Waals surface area contributed by atoms with Crippen LogP contribution in [0.15, 0.2) is 24.3 Å². The quantitative estimate of drug-likeness (QED) is 0.622. The van der Waals surface area contributed by atoms with Crippen LogP contribution in [0.1, 0.15) is 44.6 Å². The van der Waals surface area contributed by atoms with Gasteiger partial charge >= 0.3 is 5.97 Å². The van der Waals surface area contributed by atoms with E-state index in [1.54, 1.807) is 19.1 Å². The average Bonchev–Trinajstić information content (AvgIpc) is 2.43. The van der Waals surface area contributed by atoms with E-state index < -0.39 is 5.41 Å². The summed E-state index contributed by atoms with van der Waals surface area (Å²) < 4.78 is 18.2. The Labute approximate surface area is 130 Å². The smallest absolute Gasteiger partial charge is 0.305 e. The average molecular weight is 307 g/mol. The van der Waals surface area contributed by atoms with Gasteiger partial charge in [0.1, 0.15) is 5.82 Å². The molecule has 2 rings (SSSR count). The number of carbonyl (C=O) groups is 2. The summed E-state index contributed by atoms with van der Waals surface area (Å²) in [5.74, 6) is -0.646. The predicted octanol–water partition coefficient (Wildman–Crippen LogP) is 2.71. The summed E-state index contributed by atoms with van der Waals surface area (Å²) >= 11 is 0. The summed E-state index contributed by atoms with van der Waals surface area (Å²) in [7, 11) is 0. The van der Waals surface area contributed by atoms with E-state index in [-0.39, 0.29) is 17.7 Å². The molecule has 5 heteroatoms. The molecule has 1 N–H and O–H groups in total. The number of nitrogens with one attached hydrogen (secondary N) is 1. The Hall–Kier alpha value is -1.91. The van der Waals surface area contributed by atoms with E-state index >= 15 is 0 Å². The summed E-state index contributed by atoms with van der Waals surface area (Å²) in [5.41, 5.74) is 0.133. The molecule has 0 unspecified atom stereocenters. The van der Waals surface area contributed by atoms with E-state index in [4.69, 9.17) is 4.74 Å². The fourth-order valence-corrected chi connectivity index (χ4v) is 2.80. The van der Waals surface area contributed by atoms with Crippen molar-refractivity contribution in [3.05, 3.63) is 35.6 Å². The van der Waals surface area contributed by atoms with Crippen molar-refractivity contribution in [2.75, 3.05) is 13.2 Å². The number of hydrogen-bond acceptors (Lipinski definition) is 3. The molecule has 0 spiro atoms. The molecule has 1 aromatic carbocycles. The first-order valence-electron chi connectivity index (χ1n) is 7.78. The third-order valence-corrected chi connectivity index (χ3v) is 4.17. The van der Waals surface area contributed by atoms with Crippen LogP contribution in [0, 0.1) is 5.82 Å². The van der Waals surface area contributed by atoms with E-state index in [2.05, 4.69) is 5.32 Å². The normalized spacial score (nSPS) is 15.7. The van der Waals surface area contributed by atoms with Gasteiger partial charge in [-0.05, 0) is 43.9 Å². The van der Waals surface area contributed by atoms with Gasteiger partial charge in [0.2, 0.25) is 5.91 Å². The molecular weight excluding hydrogens is 285 g/mol. The molecule has 0 atom stereocenters. The second-order valence-electron chi connectivity index (χ2n) is 5.61. The van der Waals surface area contributed by atoms with Crippen LogP contribution in [0.5, 0.6) is 0 Å². The van der Waals surface area contributed by atoms with Gasteiger partial charge in [0.05, 0.1) is 12.0 Å². The lowest BCUT2D eigenvalue weighted by Gasteiger charge is -2.40. The minimum Gasteiger partial charge on any atom is -0.466 e. The molecule has 1 fully saturated rings. The lowest BCUT2D eigenvalue weighted by molar-refractivity contribution is -0.143. The summed E-state index contributed by atoms with van der Waals surface area (Å²) in [6.45, 7) is 2.56. The monoisotopic (exact) mass is 307 g/mol. The van der Waals surface area contributed by atoms with Gasteiger partial charge in [0.25, 0.3) is 0 Å². The number of benzene rings is 1. The second-order valence-corrected chi connectivity index (χ2v) is 5.61. The third kappa shape index (κ3) is 3.64. The fourth-order valence-electron chi connectivity index (χ4n) is 2.80. The van der Waals surface area contributed by atoms with Crippen LogP contribution in [-0.2, 0) is 19.7 Å². The molecule has 1 aliphatic carbocycles. The topological polar surface area (TPSA) is 55.4 Å². The molecule has 0 saturated heterocycles. The molecule has 1 amide bonds. The number of esters is 1. The van der Waals surface area contributed by atoms with E-state index in [1.807, 2.05) is 0 Å². The lowest BCUT2D eigenvalue weighted by Crippen LogP contribution is -2.49. The molecule has 1 saturated carbocycles. The van der Waals surface area contributed by atoms with Crippen LogP contribution >= 0.6 is 0 Å². The van der Waals surface area contributed by atoms with Gasteiger partial charge in [0.15, 0.2) is 0 Å². The summed E-state index contributed by atoms with van der Waals surface area (Å²) in [6.07, 6.45) is 3.28. The van der Waals surface area contributed by atoms with Gasteiger partial charge in [-0.25, -0.2) is 4.39 Å². The Kier molecular flexibility index (Phi) is 5.52. The first-order chi connectivity index (χ1) is 10.6. The fraction of sp³-hybridized carbons (Fsp3) is 0.529. The van der Waals surface area contributed by atoms with E-state index in [0.717, 1.165) is 24.8 Å². The molecular formula is C17H22FNO3. The van der Waals surface area contributed by atoms with Crippen LogP contribution in [0.4, 0.5) is 4.39 Å². The SMILES string of the molecule is CCOC(=O)CCCNC(=O)C1(c2cccc(F)c2)CCC1. The Morgan fingerprint density at radius 2 is 2.14 bits per heavy atom. The molecule has 0 bridgehead atoms. The van der Waals surface area contributed by atoms with Gasteiger partial charge in [-0.15, -0.1) is 0 Å². The Morgan fingerprint density at radius 3 is 2.73 bits per heavy atom. The Balaban J connectivity index is 1.89. The van der Waals surface area contributed by atoms with Crippen molar-refractivity contribution >= 4 is 11.9 Å². The number of ether oxygens (including phenoxy) is 1. The molecule has 0 aromatic heterocycles. The maximum absolute atomic E-state index is 13.4. The highest BCUT2D eigenvalue weighted by molar-refractivity contribution is 5.89. The number of carbonyl (C=O) groups excluding carboxylic acids is 2. The number of rotatable bonds is 7. The van der Waals surface area contributed by atoms with Gasteiger partial charge in [-0.2, -0.15) is 0 Å². The minimum absolute atomic E-state index is 0.0757. The van der Waals surface area contributed by atoms with E-state index in [0.29, 0.717) is 26.0 Å². The molecule has 120 valence electrons. The maximum Gasteiger partial charge on any atom is 0.305 e. The van der Waals surface area contributed by atoms with Gasteiger partial charge in [-0.3, -0.25) is 9.59 Å². The highest BCUT2D eigenvalue weighted by atomic mass is 19.1. The number of amides is 1. The predicted molar refractivity (Wildman–Crippen MR) is 80.8 cm³/mol. The number of hydrogen-bond donors (Lipinski definition) is 1. The molecule has 22 heavy (non-hydrogen) atoms. The highest BCUT2D eigenvalue weighted by Crippen LogP contribution is 2.44. The standard InChI is InChI=1S/C17H22FNO3/c1-2-22-15(20)8-4-11-19-16(21)17(9-5-10-17)13-6-3-7-14(18)12-13/h3,6-7,12H,2,4-5,8-11H2,1H3,(H,19,21). The third-order valence-electron chi connectivity index (χ3n) is 4.17. The van der Waals surface area contributed by atoms with Gasteiger partial charge < -0.3 is 10.1 Å². The van der Waals surface area contributed by atoms with Crippen molar-refractivity contribution in [2.24, 2.45) is 0 Å². The van der Waals surface area contributed by atoms with E-state index in [9.17, 15) is 14.0 Å². The maximum atomic E-state index is 13.4. The van der Waals surface area contributed by atoms with Gasteiger partial charge in [0, 0.05) is 13.0 Å². The molecule has 0 radical (unpaired) electrons. The van der Waals surface area contributed by atoms with Crippen LogP contribution < -0.4 is 5.32 Å². The summed E-state index contributed by atoms with van der Waals surface area (Å²) in [4.78, 5) is 23.7. The van der Waals surface area contributed by atoms with Crippen LogP contribution in [0.2, 0.25) is 0 Å². The van der Waals surface area contributed by atoms with Crippen LogP contribution in [0.3, 0.4) is 0 Å². The van der Waals surface area contributed by atoms with Crippen molar-refractivity contribution in [1.29, 1.82) is 0 Å². The molecule has 4 nitrogen and oxygen atoms in total. The lowest BCUT2D eigenvalue weighted by atomic mass is 9.64. The minimum atomic E-state index is -0.605. The van der Waals surface area contributed by atoms with Crippen LogP contribution in [0.25, 0.3) is 0 Å². The van der Waals surface area contributed by atoms with Crippen molar-refractivity contribution < 1.29 is 18.7 Å². The number of halogens is 1. The first-order valence-corrected chi connectivity index (χ1v) is 7.78. The second kappa shape index (κ2) is 7.38. The zero-order valence-corrected chi connectivity index (χ0v) is 12.9. The molecule has 0 aliphatic heterocycles. The highest BCUT2D eigenvalue weighted by Gasteiger charge is 2.45. The van der Waals surface area contributed by atoms with Crippen molar-refractivity contribution in [3.8, 4) is 0 Å². The van der Waals surface area contributed by atoms with Crippen molar-refractivity contribution in [1.82, 2.24) is 5.32 Å². The zero-order chi connectivity index (χ0) is 16.0. The Morgan fingerprint density at radius 1 is 1.36 bits per heavy atom.